The van der Waals surface area contributed by atoms with Crippen molar-refractivity contribution in [1.29, 1.82) is 0 Å². The number of amides is 2. The normalized spacial score (nSPS) is 21.0. The molecule has 2 aromatic heterocycles. The van der Waals surface area contributed by atoms with Crippen LogP contribution in [0.25, 0.3) is 0 Å². The maximum absolute atomic E-state index is 13.2. The predicted octanol–water partition coefficient (Wildman–Crippen LogP) is -2.21. The zero-order chi connectivity index (χ0) is 26.2. The zero-order valence-corrected chi connectivity index (χ0v) is 21.3. The number of aromatic nitrogens is 6. The fourth-order valence-electron chi connectivity index (χ4n) is 3.57. The van der Waals surface area contributed by atoms with Crippen LogP contribution in [-0.2, 0) is 37.4 Å². The highest BCUT2D eigenvalue weighted by molar-refractivity contribution is 8.01. The van der Waals surface area contributed by atoms with Crippen molar-refractivity contribution < 1.29 is 33.3 Å². The van der Waals surface area contributed by atoms with E-state index in [0.717, 1.165) is 4.90 Å². The van der Waals surface area contributed by atoms with Gasteiger partial charge in [-0.3, -0.25) is 14.5 Å². The number of rotatable bonds is 8. The quantitative estimate of drug-likeness (QED) is 0.0678. The van der Waals surface area contributed by atoms with Gasteiger partial charge in [0.25, 0.3) is 17.5 Å². The van der Waals surface area contributed by atoms with E-state index in [1.165, 1.54) is 54.4 Å². The summed E-state index contributed by atoms with van der Waals surface area (Å²) < 4.78 is 18.5. The molecule has 0 unspecified atom stereocenters. The van der Waals surface area contributed by atoms with Gasteiger partial charge >= 0.3 is 5.97 Å². The van der Waals surface area contributed by atoms with E-state index in [-0.39, 0.29) is 44.7 Å². The van der Waals surface area contributed by atoms with Crippen LogP contribution in [0.2, 0.25) is 0 Å². The SMILES string of the molecule is CO[C@@]1(NC(=O)C(=S=O)c2ccc(C)[n+]([O-])n2)C(=O)N2C(C(=O)O)=C(CSc3nnnn3C)CS[C@@H]21. The molecular formula is C18H18N8O7S3. The number of nitrogens with one attached hydrogen (secondary N) is 1. The van der Waals surface area contributed by atoms with Crippen molar-refractivity contribution in [3.63, 3.8) is 0 Å². The topological polar surface area (TPSA) is 196 Å². The Balaban J connectivity index is 1.58. The standard InChI is InChI=1S/C18H18N8O7S3/c1-8-4-5-10(21-26(8)31)12(36-32)13(27)19-18(33-3)15(30)25-11(14(28)29)9(6-34-16(18)25)7-35-17-20-22-23-24(17)2/h4-5,16H,6-7H2,1-3H3,(H,19,27)(H,28,29)/t16-,18+/m1/s1. The van der Waals surface area contributed by atoms with Gasteiger partial charge in [-0.15, -0.1) is 16.9 Å². The number of aryl methyl sites for hydroxylation is 2. The van der Waals surface area contributed by atoms with E-state index in [1.807, 2.05) is 0 Å². The van der Waals surface area contributed by atoms with Crippen LogP contribution < -0.4 is 10.2 Å². The second-order valence-electron chi connectivity index (χ2n) is 7.51. The minimum absolute atomic E-state index is 0.178. The molecule has 2 aromatic rings. The summed E-state index contributed by atoms with van der Waals surface area (Å²) in [6.45, 7) is 1.50. The van der Waals surface area contributed by atoms with E-state index in [4.69, 9.17) is 4.74 Å². The molecule has 4 rings (SSSR count). The average molecular weight is 555 g/mol. The molecule has 1 fully saturated rings. The van der Waals surface area contributed by atoms with E-state index in [1.54, 1.807) is 7.05 Å². The summed E-state index contributed by atoms with van der Waals surface area (Å²) in [5.74, 6) is -2.69. The second-order valence-corrected chi connectivity index (χ2v) is 10.1. The van der Waals surface area contributed by atoms with Crippen LogP contribution in [0.3, 0.4) is 0 Å². The third kappa shape index (κ3) is 4.25. The van der Waals surface area contributed by atoms with Gasteiger partial charge in [-0.2, -0.15) is 0 Å². The van der Waals surface area contributed by atoms with E-state index < -0.39 is 33.7 Å². The van der Waals surface area contributed by atoms with Crippen molar-refractivity contribution in [2.75, 3.05) is 18.6 Å². The Kier molecular flexibility index (Phi) is 7.12. The van der Waals surface area contributed by atoms with Gasteiger partial charge < -0.3 is 20.4 Å². The molecule has 0 radical (unpaired) electrons. The van der Waals surface area contributed by atoms with Gasteiger partial charge in [0.1, 0.15) is 22.3 Å². The first kappa shape index (κ1) is 25.7. The Labute approximate surface area is 214 Å². The highest BCUT2D eigenvalue weighted by Gasteiger charge is 2.66. The monoisotopic (exact) mass is 554 g/mol. The smallest absolute Gasteiger partial charge is 0.352 e. The van der Waals surface area contributed by atoms with Crippen molar-refractivity contribution in [1.82, 2.24) is 35.5 Å². The van der Waals surface area contributed by atoms with Crippen molar-refractivity contribution >= 4 is 57.4 Å². The number of β-lactam (4-membered cyclic amide) rings is 1. The van der Waals surface area contributed by atoms with Crippen molar-refractivity contribution in [3.05, 3.63) is 40.0 Å². The number of ether oxygens (including phenoxy) is 1. The van der Waals surface area contributed by atoms with Gasteiger partial charge in [-0.05, 0) is 22.1 Å². The van der Waals surface area contributed by atoms with Crippen LogP contribution in [0.4, 0.5) is 0 Å². The molecule has 2 aliphatic heterocycles. The third-order valence-electron chi connectivity index (χ3n) is 5.40. The molecule has 2 amide bonds. The molecule has 1 saturated heterocycles. The van der Waals surface area contributed by atoms with Crippen LogP contribution in [0, 0.1) is 12.1 Å². The lowest BCUT2D eigenvalue weighted by molar-refractivity contribution is -0.675. The Morgan fingerprint density at radius 2 is 2.19 bits per heavy atom. The number of thioether (sulfide) groups is 2. The number of methoxy groups -OCH3 is 1. The molecule has 190 valence electrons. The number of carbonyl (C=O) groups is 3. The molecule has 18 heteroatoms. The Hall–Kier alpha value is -3.35. The highest BCUT2D eigenvalue weighted by atomic mass is 32.2. The molecule has 0 bridgehead atoms. The average Bonchev–Trinajstić information content (AvgIpc) is 3.27. The maximum atomic E-state index is 13.2. The number of carboxylic acids is 1. The molecule has 2 N–H and O–H groups in total. The van der Waals surface area contributed by atoms with Gasteiger partial charge in [0.15, 0.2) is 10.6 Å². The first-order valence-corrected chi connectivity index (χ1v) is 12.8. The first-order chi connectivity index (χ1) is 17.1. The third-order valence-corrected chi connectivity index (χ3v) is 8.43. The lowest BCUT2D eigenvalue weighted by Crippen LogP contribution is -2.81. The Bertz CT molecular complexity index is 1360. The van der Waals surface area contributed by atoms with Gasteiger partial charge in [0, 0.05) is 43.8 Å². The number of carbonyl (C=O) groups excluding carboxylic acids is 2. The van der Waals surface area contributed by atoms with Crippen molar-refractivity contribution in [2.24, 2.45) is 7.05 Å². The molecular weight excluding hydrogens is 536 g/mol. The minimum atomic E-state index is -1.92. The number of aliphatic carboxylic acids is 1. The lowest BCUT2D eigenvalue weighted by atomic mass is 9.98. The fraction of sp³-hybridized carbons (Fsp3) is 0.389. The summed E-state index contributed by atoms with van der Waals surface area (Å²) in [6, 6.07) is 2.72. The number of hydrogen-bond acceptors (Lipinski definition) is 12. The summed E-state index contributed by atoms with van der Waals surface area (Å²) in [7, 11) is 2.83. The molecule has 2 aliphatic rings. The van der Waals surface area contributed by atoms with Crippen LogP contribution in [0.5, 0.6) is 0 Å². The first-order valence-electron chi connectivity index (χ1n) is 10.0. The van der Waals surface area contributed by atoms with Gasteiger partial charge in [0.2, 0.25) is 10.9 Å². The summed E-state index contributed by atoms with van der Waals surface area (Å²) >= 11 is 2.20. The largest absolute Gasteiger partial charge is 0.594 e. The lowest BCUT2D eigenvalue weighted by Gasteiger charge is -2.55. The van der Waals surface area contributed by atoms with Crippen LogP contribution in [0.1, 0.15) is 11.4 Å². The maximum Gasteiger partial charge on any atom is 0.352 e. The Morgan fingerprint density at radius 1 is 1.44 bits per heavy atom. The number of nitrogens with zero attached hydrogens (tertiary/aromatic N) is 7. The van der Waals surface area contributed by atoms with E-state index >= 15 is 0 Å². The molecule has 0 aromatic carbocycles. The second kappa shape index (κ2) is 9.96. The molecule has 2 atom stereocenters. The van der Waals surface area contributed by atoms with Gasteiger partial charge in [-0.25, -0.2) is 13.7 Å². The van der Waals surface area contributed by atoms with Crippen molar-refractivity contribution in [2.45, 2.75) is 23.2 Å². The highest BCUT2D eigenvalue weighted by Crippen LogP contribution is 2.47. The molecule has 36 heavy (non-hydrogen) atoms. The summed E-state index contributed by atoms with van der Waals surface area (Å²) in [5.41, 5.74) is -1.60. The number of tetrazole rings is 1. The molecule has 0 saturated carbocycles. The summed E-state index contributed by atoms with van der Waals surface area (Å²) in [6.07, 6.45) is 0. The predicted molar refractivity (Wildman–Crippen MR) is 125 cm³/mol. The van der Waals surface area contributed by atoms with Gasteiger partial charge in [-0.1, -0.05) is 16.6 Å². The van der Waals surface area contributed by atoms with Crippen LogP contribution in [0.15, 0.2) is 28.6 Å². The van der Waals surface area contributed by atoms with Crippen molar-refractivity contribution in [3.8, 4) is 0 Å². The van der Waals surface area contributed by atoms with Crippen LogP contribution in [-0.4, -0.2) is 91.9 Å². The van der Waals surface area contributed by atoms with E-state index in [0.29, 0.717) is 10.7 Å². The van der Waals surface area contributed by atoms with Crippen LogP contribution >= 0.6 is 23.5 Å². The summed E-state index contributed by atoms with van der Waals surface area (Å²) in [5, 5.41) is 38.4. The zero-order valence-electron chi connectivity index (χ0n) is 18.9. The number of fused-ring (bicyclic) bond motifs is 1. The summed E-state index contributed by atoms with van der Waals surface area (Å²) in [4.78, 5) is 39.2. The van der Waals surface area contributed by atoms with E-state index in [9.17, 15) is 28.9 Å². The number of carboxylic acid groups (broad SMARTS) is 1. The molecule has 0 aliphatic carbocycles. The molecule has 4 heterocycles. The van der Waals surface area contributed by atoms with Gasteiger partial charge in [0.05, 0.1) is 0 Å². The Morgan fingerprint density at radius 3 is 2.78 bits per heavy atom. The molecule has 0 spiro atoms. The molecule has 15 nitrogen and oxygen atoms in total. The number of hydrogen-bond donors (Lipinski definition) is 2. The fourth-order valence-corrected chi connectivity index (χ4v) is 6.31. The minimum Gasteiger partial charge on any atom is -0.594 e. The van der Waals surface area contributed by atoms with E-state index in [2.05, 4.69) is 25.9 Å².